The average molecular weight is 452 g/mol. The van der Waals surface area contributed by atoms with E-state index in [0.29, 0.717) is 29.9 Å². The second-order valence-electron chi connectivity index (χ2n) is 10.7. The maximum absolute atomic E-state index is 12.9. The van der Waals surface area contributed by atoms with Gasteiger partial charge >= 0.3 is 11.9 Å². The fourth-order valence-corrected chi connectivity index (χ4v) is 7.37. The topological polar surface area (TPSA) is 65.1 Å². The van der Waals surface area contributed by atoms with E-state index in [4.69, 9.17) is 14.2 Å². The van der Waals surface area contributed by atoms with Crippen molar-refractivity contribution < 1.29 is 23.8 Å². The molecule has 0 amide bonds. The number of likely N-dealkylation sites (tertiary alicyclic amines) is 1. The highest BCUT2D eigenvalue weighted by Crippen LogP contribution is 2.62. The largest absolute Gasteiger partial charge is 0.481 e. The van der Waals surface area contributed by atoms with Crippen LogP contribution in [-0.4, -0.2) is 48.7 Å². The van der Waals surface area contributed by atoms with Gasteiger partial charge in [0.1, 0.15) is 6.10 Å². The van der Waals surface area contributed by atoms with Crippen LogP contribution in [0.25, 0.3) is 0 Å². The van der Waals surface area contributed by atoms with Crippen LogP contribution in [0.4, 0.5) is 0 Å². The molecule has 2 heterocycles. The SMILES string of the molecule is CC(=O)Oc1ccc2c3c1O[C@H]1[C@@H](OC(=O)CC4CCCCC4)C=C[C@H]4[C@@H](C2)N(C)CC[C@@]341. The molecule has 0 aromatic heterocycles. The summed E-state index contributed by atoms with van der Waals surface area (Å²) in [7, 11) is 2.20. The number of hydrogen-bond acceptors (Lipinski definition) is 6. The molecule has 3 aliphatic carbocycles. The zero-order chi connectivity index (χ0) is 22.7. The van der Waals surface area contributed by atoms with Gasteiger partial charge in [0, 0.05) is 36.3 Å². The number of hydrogen-bond donors (Lipinski definition) is 0. The lowest BCUT2D eigenvalue weighted by molar-refractivity contribution is -0.156. The van der Waals surface area contributed by atoms with E-state index in [9.17, 15) is 9.59 Å². The molecule has 1 saturated heterocycles. The summed E-state index contributed by atoms with van der Waals surface area (Å²) in [5, 5.41) is 0. The van der Waals surface area contributed by atoms with Crippen molar-refractivity contribution in [2.24, 2.45) is 11.8 Å². The fraction of sp³-hybridized carbons (Fsp3) is 0.630. The van der Waals surface area contributed by atoms with Crippen LogP contribution in [0.15, 0.2) is 24.3 Å². The van der Waals surface area contributed by atoms with Crippen molar-refractivity contribution in [3.8, 4) is 11.5 Å². The minimum absolute atomic E-state index is 0.119. The van der Waals surface area contributed by atoms with E-state index in [-0.39, 0.29) is 29.4 Å². The number of ether oxygens (including phenoxy) is 3. The highest BCUT2D eigenvalue weighted by molar-refractivity contribution is 5.73. The summed E-state index contributed by atoms with van der Waals surface area (Å²) in [6.45, 7) is 2.38. The number of benzene rings is 1. The summed E-state index contributed by atoms with van der Waals surface area (Å²) >= 11 is 0. The fourth-order valence-electron chi connectivity index (χ4n) is 7.37. The third kappa shape index (κ3) is 3.24. The summed E-state index contributed by atoms with van der Waals surface area (Å²) in [4.78, 5) is 27.2. The molecule has 1 spiro atoms. The Morgan fingerprint density at radius 1 is 1.18 bits per heavy atom. The monoisotopic (exact) mass is 451 g/mol. The first-order valence-electron chi connectivity index (χ1n) is 12.6. The number of carbonyl (C=O) groups excluding carboxylic acids is 2. The number of esters is 2. The number of rotatable bonds is 4. The predicted octanol–water partition coefficient (Wildman–Crippen LogP) is 3.94. The van der Waals surface area contributed by atoms with Gasteiger partial charge in [-0.1, -0.05) is 31.4 Å². The Kier molecular flexibility index (Phi) is 5.05. The van der Waals surface area contributed by atoms with E-state index in [1.807, 2.05) is 6.07 Å². The summed E-state index contributed by atoms with van der Waals surface area (Å²) in [5.74, 6) is 1.41. The lowest BCUT2D eigenvalue weighted by Gasteiger charge is -2.56. The smallest absolute Gasteiger partial charge is 0.308 e. The van der Waals surface area contributed by atoms with Crippen LogP contribution in [0.5, 0.6) is 11.5 Å². The molecule has 2 fully saturated rings. The zero-order valence-corrected chi connectivity index (χ0v) is 19.5. The molecule has 6 rings (SSSR count). The van der Waals surface area contributed by atoms with Crippen molar-refractivity contribution >= 4 is 11.9 Å². The van der Waals surface area contributed by atoms with Crippen molar-refractivity contribution in [3.63, 3.8) is 0 Å². The van der Waals surface area contributed by atoms with Gasteiger partial charge < -0.3 is 19.1 Å². The Morgan fingerprint density at radius 3 is 2.79 bits per heavy atom. The Balaban J connectivity index is 1.35. The second-order valence-corrected chi connectivity index (χ2v) is 10.7. The van der Waals surface area contributed by atoms with Gasteiger partial charge in [0.05, 0.1) is 0 Å². The Bertz CT molecular complexity index is 1010. The molecule has 1 saturated carbocycles. The van der Waals surface area contributed by atoms with E-state index in [2.05, 4.69) is 30.2 Å². The van der Waals surface area contributed by atoms with Crippen molar-refractivity contribution in [2.75, 3.05) is 13.6 Å². The maximum Gasteiger partial charge on any atom is 0.308 e. The maximum atomic E-state index is 12.9. The molecule has 1 aromatic rings. The van der Waals surface area contributed by atoms with Crippen molar-refractivity contribution in [1.29, 1.82) is 0 Å². The lowest BCUT2D eigenvalue weighted by atomic mass is 9.53. The normalized spacial score (nSPS) is 34.4. The first kappa shape index (κ1) is 21.2. The van der Waals surface area contributed by atoms with E-state index in [0.717, 1.165) is 32.2 Å². The predicted molar refractivity (Wildman–Crippen MR) is 122 cm³/mol. The summed E-state index contributed by atoms with van der Waals surface area (Å²) in [5.41, 5.74) is 2.19. The molecule has 1 aromatic carbocycles. The van der Waals surface area contributed by atoms with Gasteiger partial charge in [0.2, 0.25) is 0 Å². The Morgan fingerprint density at radius 2 is 2.00 bits per heavy atom. The standard InChI is InChI=1S/C27H33NO5/c1-16(29)31-21-10-8-18-15-20-19-9-11-22(32-23(30)14-17-6-4-3-5-7-17)26-27(19,12-13-28(20)2)24(18)25(21)33-26/h8-11,17,19-20,22,26H,3-7,12-15H2,1-2H3/t19-,20+,22-,26-,27-/m0/s1. The number of carbonyl (C=O) groups is 2. The number of piperidine rings is 1. The van der Waals surface area contributed by atoms with Gasteiger partial charge in [-0.15, -0.1) is 0 Å². The van der Waals surface area contributed by atoms with Gasteiger partial charge in [-0.2, -0.15) is 0 Å². The van der Waals surface area contributed by atoms with Crippen LogP contribution in [0, 0.1) is 11.8 Å². The highest BCUT2D eigenvalue weighted by atomic mass is 16.6. The lowest BCUT2D eigenvalue weighted by Crippen LogP contribution is -2.65. The molecule has 0 unspecified atom stereocenters. The van der Waals surface area contributed by atoms with Gasteiger partial charge in [-0.3, -0.25) is 9.59 Å². The molecule has 176 valence electrons. The van der Waals surface area contributed by atoms with Crippen molar-refractivity contribution in [1.82, 2.24) is 4.90 Å². The van der Waals surface area contributed by atoms with Crippen LogP contribution < -0.4 is 9.47 Å². The summed E-state index contributed by atoms with van der Waals surface area (Å²) in [6, 6.07) is 4.34. The minimum Gasteiger partial charge on any atom is -0.481 e. The molecular formula is C27H33NO5. The summed E-state index contributed by atoms with van der Waals surface area (Å²) in [6.07, 6.45) is 11.9. The summed E-state index contributed by atoms with van der Waals surface area (Å²) < 4.78 is 18.3. The molecule has 33 heavy (non-hydrogen) atoms. The van der Waals surface area contributed by atoms with E-state index in [1.54, 1.807) is 0 Å². The van der Waals surface area contributed by atoms with Crippen LogP contribution in [0.2, 0.25) is 0 Å². The highest BCUT2D eigenvalue weighted by Gasteiger charge is 2.65. The molecule has 2 aliphatic heterocycles. The molecule has 0 radical (unpaired) electrons. The second kappa shape index (κ2) is 7.86. The van der Waals surface area contributed by atoms with Crippen LogP contribution >= 0.6 is 0 Å². The van der Waals surface area contributed by atoms with Crippen LogP contribution in [0.3, 0.4) is 0 Å². The molecular weight excluding hydrogens is 418 g/mol. The molecule has 5 atom stereocenters. The van der Waals surface area contributed by atoms with Gasteiger partial charge in [0.15, 0.2) is 17.6 Å². The zero-order valence-electron chi connectivity index (χ0n) is 19.5. The quantitative estimate of drug-likeness (QED) is 0.393. The van der Waals surface area contributed by atoms with E-state index >= 15 is 0 Å². The van der Waals surface area contributed by atoms with Crippen LogP contribution in [-0.2, 0) is 26.2 Å². The third-order valence-corrected chi connectivity index (χ3v) is 8.82. The average Bonchev–Trinajstić information content (AvgIpc) is 3.14. The number of likely N-dealkylation sites (N-methyl/N-ethyl adjacent to an activating group) is 1. The van der Waals surface area contributed by atoms with Gasteiger partial charge in [0.25, 0.3) is 0 Å². The van der Waals surface area contributed by atoms with Gasteiger partial charge in [-0.05, 0) is 62.9 Å². The van der Waals surface area contributed by atoms with Crippen molar-refractivity contribution in [3.05, 3.63) is 35.4 Å². The minimum atomic E-state index is -0.426. The van der Waals surface area contributed by atoms with E-state index < -0.39 is 6.10 Å². The molecule has 5 aliphatic rings. The van der Waals surface area contributed by atoms with E-state index in [1.165, 1.54) is 37.3 Å². The molecule has 6 heteroatoms. The molecule has 0 N–H and O–H groups in total. The first-order valence-corrected chi connectivity index (χ1v) is 12.6. The molecule has 2 bridgehead atoms. The van der Waals surface area contributed by atoms with Crippen molar-refractivity contribution in [2.45, 2.75) is 82.0 Å². The molecule has 6 nitrogen and oxygen atoms in total. The third-order valence-electron chi connectivity index (χ3n) is 8.82. The number of nitrogens with zero attached hydrogens (tertiary/aromatic N) is 1. The van der Waals surface area contributed by atoms with Gasteiger partial charge in [-0.25, -0.2) is 0 Å². The van der Waals surface area contributed by atoms with Crippen LogP contribution in [0.1, 0.15) is 63.0 Å². The Labute approximate surface area is 195 Å². The Hall–Kier alpha value is -2.34. The first-order chi connectivity index (χ1) is 16.0.